The van der Waals surface area contributed by atoms with Crippen molar-refractivity contribution in [1.82, 2.24) is 4.90 Å². The minimum atomic E-state index is -1.34. The summed E-state index contributed by atoms with van der Waals surface area (Å²) in [5, 5.41) is 0.401. The smallest absolute Gasteiger partial charge is 0.0904 e. The number of allylic oxidation sites excluding steroid dienone is 1. The third kappa shape index (κ3) is 3.78. The second kappa shape index (κ2) is 5.17. The van der Waals surface area contributed by atoms with E-state index >= 15 is 0 Å². The first-order valence-electron chi connectivity index (χ1n) is 5.91. The highest BCUT2D eigenvalue weighted by Crippen LogP contribution is 2.39. The van der Waals surface area contributed by atoms with Gasteiger partial charge in [0.25, 0.3) is 0 Å². The Hall–Kier alpha value is -0.573. The van der Waals surface area contributed by atoms with E-state index in [1.165, 1.54) is 0 Å². The Labute approximate surface area is 102 Å². The lowest BCUT2D eigenvalue weighted by atomic mass is 10.2. The van der Waals surface area contributed by atoms with Crippen LogP contribution in [0.3, 0.4) is 0 Å². The fourth-order valence-electron chi connectivity index (χ4n) is 1.43. The van der Waals surface area contributed by atoms with E-state index in [1.54, 1.807) is 0 Å². The van der Waals surface area contributed by atoms with Gasteiger partial charge in [0.2, 0.25) is 0 Å². The maximum Gasteiger partial charge on any atom is 0.0904 e. The van der Waals surface area contributed by atoms with Crippen LogP contribution >= 0.6 is 0 Å². The van der Waals surface area contributed by atoms with Gasteiger partial charge in [-0.3, -0.25) is 0 Å². The Morgan fingerprint density at radius 2 is 1.81 bits per heavy atom. The standard InChI is InChI=1S/C13H28N2Si/c1-11(2)14-10-15(7)12(3)16(8,9)13(4,5)6/h10,12H,1H2,2-9H3/b14-10-. The normalized spacial score (nSPS) is 15.2. The van der Waals surface area contributed by atoms with E-state index in [1.807, 2.05) is 13.3 Å². The molecule has 0 aromatic heterocycles. The monoisotopic (exact) mass is 240 g/mol. The summed E-state index contributed by atoms with van der Waals surface area (Å²) in [7, 11) is 0.770. The molecule has 2 nitrogen and oxygen atoms in total. The fraction of sp³-hybridized carbons (Fsp3) is 0.769. The van der Waals surface area contributed by atoms with Crippen LogP contribution in [0.5, 0.6) is 0 Å². The lowest BCUT2D eigenvalue weighted by Gasteiger charge is -2.44. The van der Waals surface area contributed by atoms with Crippen LogP contribution < -0.4 is 0 Å². The van der Waals surface area contributed by atoms with Gasteiger partial charge >= 0.3 is 0 Å². The first kappa shape index (κ1) is 15.4. The molecule has 3 heteroatoms. The zero-order valence-electron chi connectivity index (χ0n) is 12.3. The molecule has 94 valence electrons. The Morgan fingerprint density at radius 1 is 1.38 bits per heavy atom. The molecule has 0 heterocycles. The van der Waals surface area contributed by atoms with Crippen molar-refractivity contribution in [2.45, 2.75) is 58.4 Å². The number of aliphatic imine (C=N–C) groups is 1. The molecule has 0 aliphatic heterocycles. The second-order valence-corrected chi connectivity index (χ2v) is 12.1. The van der Waals surface area contributed by atoms with Gasteiger partial charge < -0.3 is 4.90 Å². The summed E-state index contributed by atoms with van der Waals surface area (Å²) >= 11 is 0. The van der Waals surface area contributed by atoms with E-state index in [-0.39, 0.29) is 0 Å². The van der Waals surface area contributed by atoms with Gasteiger partial charge in [0.1, 0.15) is 0 Å². The molecule has 16 heavy (non-hydrogen) atoms. The first-order valence-corrected chi connectivity index (χ1v) is 8.99. The Balaban J connectivity index is 4.79. The number of hydrogen-bond donors (Lipinski definition) is 0. The lowest BCUT2D eigenvalue weighted by molar-refractivity contribution is 0.471. The predicted molar refractivity (Wildman–Crippen MR) is 77.7 cm³/mol. The first-order chi connectivity index (χ1) is 7.00. The van der Waals surface area contributed by atoms with Gasteiger partial charge in [-0.05, 0) is 18.9 Å². The van der Waals surface area contributed by atoms with Gasteiger partial charge in [0.15, 0.2) is 0 Å². The van der Waals surface area contributed by atoms with Crippen LogP contribution in [-0.2, 0) is 0 Å². The van der Waals surface area contributed by atoms with Crippen LogP contribution in [0, 0.1) is 0 Å². The van der Waals surface area contributed by atoms with Crippen LogP contribution in [0.4, 0.5) is 0 Å². The molecule has 0 radical (unpaired) electrons. The third-order valence-corrected chi connectivity index (χ3v) is 10.4. The molecule has 0 amide bonds. The average Bonchev–Trinajstić information content (AvgIpc) is 2.10. The number of rotatable bonds is 4. The topological polar surface area (TPSA) is 15.6 Å². The molecule has 0 aliphatic rings. The molecular weight excluding hydrogens is 212 g/mol. The molecule has 0 aliphatic carbocycles. The van der Waals surface area contributed by atoms with E-state index in [9.17, 15) is 0 Å². The van der Waals surface area contributed by atoms with Gasteiger partial charge in [0.05, 0.1) is 14.4 Å². The van der Waals surface area contributed by atoms with Gasteiger partial charge in [-0.2, -0.15) is 0 Å². The quantitative estimate of drug-likeness (QED) is 0.413. The van der Waals surface area contributed by atoms with E-state index < -0.39 is 8.07 Å². The molecule has 0 spiro atoms. The van der Waals surface area contributed by atoms with Crippen molar-refractivity contribution in [1.29, 1.82) is 0 Å². The molecule has 0 saturated carbocycles. The van der Waals surface area contributed by atoms with Gasteiger partial charge in [0, 0.05) is 18.4 Å². The molecule has 1 unspecified atom stereocenters. The number of nitrogens with zero attached hydrogens (tertiary/aromatic N) is 2. The molecule has 1 atom stereocenters. The zero-order chi connectivity index (χ0) is 13.1. The van der Waals surface area contributed by atoms with Gasteiger partial charge in [-0.25, -0.2) is 4.99 Å². The number of hydrogen-bond acceptors (Lipinski definition) is 1. The predicted octanol–water partition coefficient (Wildman–Crippen LogP) is 3.92. The second-order valence-electron chi connectivity index (χ2n) is 6.29. The average molecular weight is 240 g/mol. The minimum absolute atomic E-state index is 0.401. The Kier molecular flexibility index (Phi) is 4.99. The third-order valence-electron chi connectivity index (χ3n) is 4.05. The van der Waals surface area contributed by atoms with Crippen LogP contribution in [0.25, 0.3) is 0 Å². The maximum atomic E-state index is 4.27. The summed E-state index contributed by atoms with van der Waals surface area (Å²) in [5.41, 5.74) is 1.42. The lowest BCUT2D eigenvalue weighted by Crippen LogP contribution is -2.54. The van der Waals surface area contributed by atoms with Crippen LogP contribution in [0.1, 0.15) is 34.6 Å². The van der Waals surface area contributed by atoms with Crippen molar-refractivity contribution in [2.24, 2.45) is 4.99 Å². The SMILES string of the molecule is C=C(C)/N=C\N(C)C(C)[Si](C)(C)C(C)(C)C. The minimum Gasteiger partial charge on any atom is -0.366 e. The van der Waals surface area contributed by atoms with Crippen molar-refractivity contribution in [3.8, 4) is 0 Å². The summed E-state index contributed by atoms with van der Waals surface area (Å²) < 4.78 is 0. The van der Waals surface area contributed by atoms with Gasteiger partial charge in [-0.15, -0.1) is 0 Å². The van der Waals surface area contributed by atoms with E-state index in [0.29, 0.717) is 10.7 Å². The summed E-state index contributed by atoms with van der Waals surface area (Å²) in [6, 6.07) is 0. The molecule has 0 aromatic carbocycles. The largest absolute Gasteiger partial charge is 0.366 e. The van der Waals surface area contributed by atoms with Crippen molar-refractivity contribution in [2.75, 3.05) is 7.05 Å². The molecule has 0 aromatic rings. The Morgan fingerprint density at radius 3 is 2.12 bits per heavy atom. The molecule has 0 rings (SSSR count). The molecule has 0 saturated heterocycles. The maximum absolute atomic E-state index is 4.27. The highest BCUT2D eigenvalue weighted by atomic mass is 28.3. The van der Waals surface area contributed by atoms with Crippen LogP contribution in [-0.4, -0.2) is 32.0 Å². The molecule has 0 bridgehead atoms. The van der Waals surface area contributed by atoms with Crippen molar-refractivity contribution in [3.05, 3.63) is 12.3 Å². The van der Waals surface area contributed by atoms with Crippen LogP contribution in [0.2, 0.25) is 18.1 Å². The summed E-state index contributed by atoms with van der Waals surface area (Å²) in [6.45, 7) is 19.9. The highest BCUT2D eigenvalue weighted by molar-refractivity contribution is 6.81. The Bertz CT molecular complexity index is 274. The fourth-order valence-corrected chi connectivity index (χ4v) is 3.76. The molecule has 0 N–H and O–H groups in total. The van der Waals surface area contributed by atoms with E-state index in [0.717, 1.165) is 5.70 Å². The summed E-state index contributed by atoms with van der Waals surface area (Å²) in [6.07, 6.45) is 1.91. The van der Waals surface area contributed by atoms with Crippen LogP contribution in [0.15, 0.2) is 17.3 Å². The van der Waals surface area contributed by atoms with E-state index in [4.69, 9.17) is 0 Å². The van der Waals surface area contributed by atoms with Crippen molar-refractivity contribution < 1.29 is 0 Å². The van der Waals surface area contributed by atoms with Gasteiger partial charge in [-0.1, -0.05) is 40.4 Å². The van der Waals surface area contributed by atoms with Crippen molar-refractivity contribution >= 4 is 14.4 Å². The summed E-state index contributed by atoms with van der Waals surface area (Å²) in [5.74, 6) is 0. The van der Waals surface area contributed by atoms with E-state index in [2.05, 4.69) is 64.3 Å². The molecular formula is C13H28N2Si. The zero-order valence-corrected chi connectivity index (χ0v) is 13.3. The highest BCUT2D eigenvalue weighted by Gasteiger charge is 2.41. The molecule has 0 fully saturated rings. The van der Waals surface area contributed by atoms with Crippen molar-refractivity contribution in [3.63, 3.8) is 0 Å². The summed E-state index contributed by atoms with van der Waals surface area (Å²) in [4.78, 5) is 6.50.